The van der Waals surface area contributed by atoms with Crippen LogP contribution in [0.15, 0.2) is 35.3 Å². The monoisotopic (exact) mass is 453 g/mol. The van der Waals surface area contributed by atoms with Gasteiger partial charge >= 0.3 is 0 Å². The largest absolute Gasteiger partial charge is 0.355 e. The molecule has 0 spiro atoms. The highest BCUT2D eigenvalue weighted by molar-refractivity contribution is 14.0. The molecular weight excluding hydrogens is 425 g/mol. The molecule has 0 saturated carbocycles. The van der Waals surface area contributed by atoms with Crippen molar-refractivity contribution in [3.8, 4) is 0 Å². The third kappa shape index (κ3) is 7.52. The fourth-order valence-corrected chi connectivity index (χ4v) is 2.69. The first kappa shape index (κ1) is 22.2. The van der Waals surface area contributed by atoms with E-state index >= 15 is 0 Å². The third-order valence-electron chi connectivity index (χ3n) is 3.26. The van der Waals surface area contributed by atoms with Crippen LogP contribution >= 0.6 is 24.0 Å². The first-order valence-corrected chi connectivity index (χ1v) is 9.00. The highest BCUT2D eigenvalue weighted by atomic mass is 127. The van der Waals surface area contributed by atoms with Crippen LogP contribution in [0.4, 0.5) is 0 Å². The maximum absolute atomic E-state index is 12.1. The van der Waals surface area contributed by atoms with Gasteiger partial charge in [-0.15, -0.1) is 24.0 Å². The topological polar surface area (TPSA) is 61.8 Å². The molecule has 1 rings (SSSR count). The lowest BCUT2D eigenvalue weighted by molar-refractivity contribution is 0.554. The molecule has 132 valence electrons. The summed E-state index contributed by atoms with van der Waals surface area (Å²) in [6.45, 7) is 6.08. The number of nitrogens with one attached hydrogen (secondary N) is 1. The second-order valence-corrected chi connectivity index (χ2v) is 9.24. The molecule has 0 atom stereocenters. The minimum Gasteiger partial charge on any atom is -0.355 e. The molecule has 0 unspecified atom stereocenters. The van der Waals surface area contributed by atoms with Crippen LogP contribution < -0.4 is 5.32 Å². The van der Waals surface area contributed by atoms with Crippen molar-refractivity contribution in [2.75, 3.05) is 26.4 Å². The summed E-state index contributed by atoms with van der Waals surface area (Å²) >= 11 is 0. The van der Waals surface area contributed by atoms with Crippen molar-refractivity contribution >= 4 is 39.8 Å². The number of hydrogen-bond acceptors (Lipinski definition) is 3. The van der Waals surface area contributed by atoms with E-state index in [0.29, 0.717) is 19.0 Å². The Bertz CT molecular complexity index is 594. The molecule has 0 amide bonds. The summed E-state index contributed by atoms with van der Waals surface area (Å²) in [5.74, 6) is 0.780. The quantitative estimate of drug-likeness (QED) is 0.423. The molecule has 7 heteroatoms. The van der Waals surface area contributed by atoms with Crippen LogP contribution in [0.5, 0.6) is 0 Å². The Hall–Kier alpha value is -0.830. The second-order valence-electron chi connectivity index (χ2n) is 6.38. The van der Waals surface area contributed by atoms with Crippen molar-refractivity contribution in [3.63, 3.8) is 0 Å². The Morgan fingerprint density at radius 2 is 1.74 bits per heavy atom. The number of guanidine groups is 1. The van der Waals surface area contributed by atoms with Crippen LogP contribution in [0.3, 0.4) is 0 Å². The Balaban J connectivity index is 0.00000484. The molecule has 1 N–H and O–H groups in total. The van der Waals surface area contributed by atoms with E-state index in [4.69, 9.17) is 0 Å². The summed E-state index contributed by atoms with van der Waals surface area (Å²) in [6, 6.07) is 9.95. The summed E-state index contributed by atoms with van der Waals surface area (Å²) < 4.78 is 23.5. The number of nitrogens with zero attached hydrogens (tertiary/aromatic N) is 2. The lowest BCUT2D eigenvalue weighted by Gasteiger charge is -2.21. The number of benzene rings is 1. The molecule has 0 aliphatic heterocycles. The van der Waals surface area contributed by atoms with Gasteiger partial charge in [-0.05, 0) is 26.3 Å². The van der Waals surface area contributed by atoms with E-state index in [9.17, 15) is 8.42 Å². The van der Waals surface area contributed by atoms with Gasteiger partial charge in [-0.25, -0.2) is 13.4 Å². The molecule has 0 heterocycles. The first-order valence-electron chi connectivity index (χ1n) is 7.35. The Morgan fingerprint density at radius 3 is 2.22 bits per heavy atom. The minimum atomic E-state index is -3.12. The van der Waals surface area contributed by atoms with Crippen molar-refractivity contribution in [1.82, 2.24) is 10.2 Å². The summed E-state index contributed by atoms with van der Waals surface area (Å²) in [7, 11) is 0.646. The van der Waals surface area contributed by atoms with E-state index in [1.165, 1.54) is 0 Å². The number of halogens is 1. The number of aliphatic imine (C=N–C) groups is 1. The zero-order valence-electron chi connectivity index (χ0n) is 14.5. The van der Waals surface area contributed by atoms with Crippen LogP contribution in [-0.4, -0.2) is 50.4 Å². The average molecular weight is 453 g/mol. The van der Waals surface area contributed by atoms with Gasteiger partial charge < -0.3 is 10.2 Å². The van der Waals surface area contributed by atoms with Crippen molar-refractivity contribution in [2.24, 2.45) is 4.99 Å². The van der Waals surface area contributed by atoms with E-state index in [1.807, 2.05) is 49.3 Å². The Kier molecular flexibility index (Phi) is 9.12. The van der Waals surface area contributed by atoms with Gasteiger partial charge in [0, 0.05) is 20.6 Å². The van der Waals surface area contributed by atoms with Crippen LogP contribution in [0.1, 0.15) is 26.3 Å². The highest BCUT2D eigenvalue weighted by Gasteiger charge is 2.28. The van der Waals surface area contributed by atoms with Gasteiger partial charge in [0.2, 0.25) is 0 Å². The Morgan fingerprint density at radius 1 is 1.17 bits per heavy atom. The predicted molar refractivity (Wildman–Crippen MR) is 108 cm³/mol. The van der Waals surface area contributed by atoms with Gasteiger partial charge in [0.05, 0.1) is 17.0 Å². The molecule has 1 aromatic carbocycles. The fourth-order valence-electron chi connectivity index (χ4n) is 1.71. The lowest BCUT2D eigenvalue weighted by atomic mass is 10.2. The van der Waals surface area contributed by atoms with Crippen molar-refractivity contribution in [3.05, 3.63) is 35.9 Å². The molecule has 0 aliphatic rings. The van der Waals surface area contributed by atoms with Gasteiger partial charge in [0.15, 0.2) is 15.8 Å². The zero-order chi connectivity index (χ0) is 16.8. The molecule has 0 aromatic heterocycles. The average Bonchev–Trinajstić information content (AvgIpc) is 2.42. The molecule has 0 bridgehead atoms. The molecule has 1 aromatic rings. The van der Waals surface area contributed by atoms with Gasteiger partial charge in [-0.3, -0.25) is 0 Å². The standard InChI is InChI=1S/C16H27N3O2S.HI/c1-16(2,3)22(20,21)12-11-17-15(19(4)5)18-13-14-9-7-6-8-10-14;/h6-10H,11-13H2,1-5H3,(H,17,18);1H. The molecule has 23 heavy (non-hydrogen) atoms. The number of sulfone groups is 1. The van der Waals surface area contributed by atoms with E-state index in [1.54, 1.807) is 20.8 Å². The van der Waals surface area contributed by atoms with Gasteiger partial charge in [-0.2, -0.15) is 0 Å². The van der Waals surface area contributed by atoms with Crippen LogP contribution in [0, 0.1) is 0 Å². The SMILES string of the molecule is CN(C)C(=NCc1ccccc1)NCCS(=O)(=O)C(C)(C)C.I. The third-order valence-corrected chi connectivity index (χ3v) is 5.87. The molecule has 0 fully saturated rings. The first-order chi connectivity index (χ1) is 10.1. The van der Waals surface area contributed by atoms with E-state index in [-0.39, 0.29) is 29.7 Å². The summed E-state index contributed by atoms with van der Waals surface area (Å²) in [6.07, 6.45) is 0. The van der Waals surface area contributed by atoms with Crippen molar-refractivity contribution in [1.29, 1.82) is 0 Å². The molecule has 0 radical (unpaired) electrons. The zero-order valence-corrected chi connectivity index (χ0v) is 17.7. The normalized spacial score (nSPS) is 12.5. The number of rotatable bonds is 5. The van der Waals surface area contributed by atoms with Crippen LogP contribution in [0.25, 0.3) is 0 Å². The molecule has 5 nitrogen and oxygen atoms in total. The highest BCUT2D eigenvalue weighted by Crippen LogP contribution is 2.15. The smallest absolute Gasteiger partial charge is 0.193 e. The van der Waals surface area contributed by atoms with Crippen LogP contribution in [0.2, 0.25) is 0 Å². The predicted octanol–water partition coefficient (Wildman–Crippen LogP) is 2.53. The molecule has 0 aliphatic carbocycles. The number of hydrogen-bond donors (Lipinski definition) is 1. The van der Waals surface area contributed by atoms with E-state index in [0.717, 1.165) is 5.56 Å². The van der Waals surface area contributed by atoms with Gasteiger partial charge in [0.25, 0.3) is 0 Å². The fraction of sp³-hybridized carbons (Fsp3) is 0.562. The van der Waals surface area contributed by atoms with Crippen LogP contribution in [-0.2, 0) is 16.4 Å². The van der Waals surface area contributed by atoms with E-state index < -0.39 is 14.6 Å². The molecule has 0 saturated heterocycles. The van der Waals surface area contributed by atoms with E-state index in [2.05, 4.69) is 10.3 Å². The summed E-state index contributed by atoms with van der Waals surface area (Å²) in [5, 5.41) is 3.11. The maximum Gasteiger partial charge on any atom is 0.193 e. The lowest BCUT2D eigenvalue weighted by Crippen LogP contribution is -2.41. The second kappa shape index (κ2) is 9.46. The molecular formula is C16H28IN3O2S. The summed E-state index contributed by atoms with van der Waals surface area (Å²) in [4.78, 5) is 6.37. The summed E-state index contributed by atoms with van der Waals surface area (Å²) in [5.41, 5.74) is 1.12. The van der Waals surface area contributed by atoms with Crippen molar-refractivity contribution < 1.29 is 8.42 Å². The minimum absolute atomic E-state index is 0. The van der Waals surface area contributed by atoms with Gasteiger partial charge in [-0.1, -0.05) is 30.3 Å². The van der Waals surface area contributed by atoms with Crippen molar-refractivity contribution in [2.45, 2.75) is 32.1 Å². The Labute approximate surface area is 157 Å². The maximum atomic E-state index is 12.1. The van der Waals surface area contributed by atoms with Gasteiger partial charge in [0.1, 0.15) is 0 Å².